The number of pyridine rings is 2. The molecule has 8 nitrogen and oxygen atoms in total. The van der Waals surface area contributed by atoms with Crippen LogP contribution in [0, 0.1) is 0 Å². The fraction of sp³-hybridized carbons (Fsp3) is 0.474. The number of hydrogen-bond donors (Lipinski definition) is 2. The highest BCUT2D eigenvalue weighted by molar-refractivity contribution is 5.93. The van der Waals surface area contributed by atoms with E-state index in [1.54, 1.807) is 31.5 Å². The lowest BCUT2D eigenvalue weighted by molar-refractivity contribution is -0.192. The highest BCUT2D eigenvalue weighted by Crippen LogP contribution is 2.29. The molecule has 0 bridgehead atoms. The number of esters is 1. The lowest BCUT2D eigenvalue weighted by Crippen LogP contribution is -2.29. The summed E-state index contributed by atoms with van der Waals surface area (Å²) in [6.45, 7) is 1.96. The number of aromatic nitrogens is 2. The number of aliphatic carboxylic acids is 1. The molecule has 3 rings (SSSR count). The van der Waals surface area contributed by atoms with Crippen LogP contribution in [-0.2, 0) is 9.53 Å². The number of rotatable bonds is 3. The zero-order valence-corrected chi connectivity index (χ0v) is 16.2. The Hall–Kier alpha value is -2.95. The number of ether oxygens (including phenoxy) is 1. The second-order valence-electron chi connectivity index (χ2n) is 6.75. The summed E-state index contributed by atoms with van der Waals surface area (Å²) in [6.07, 6.45) is 1.88. The van der Waals surface area contributed by atoms with Crippen LogP contribution in [0.1, 0.15) is 49.0 Å². The van der Waals surface area contributed by atoms with Crippen molar-refractivity contribution in [2.45, 2.75) is 50.9 Å². The number of carboxylic acid groups (broad SMARTS) is 1. The summed E-state index contributed by atoms with van der Waals surface area (Å²) >= 11 is 0. The molecule has 1 aliphatic rings. The van der Waals surface area contributed by atoms with Gasteiger partial charge < -0.3 is 20.1 Å². The number of fused-ring (bicyclic) bond motifs is 1. The van der Waals surface area contributed by atoms with Crippen LogP contribution in [0.25, 0.3) is 11.0 Å². The molecule has 30 heavy (non-hydrogen) atoms. The molecule has 11 heteroatoms. The first kappa shape index (κ1) is 23.3. The van der Waals surface area contributed by atoms with Crippen LogP contribution in [0.5, 0.6) is 0 Å². The molecule has 0 spiro atoms. The Morgan fingerprint density at radius 2 is 1.90 bits per heavy atom. The molecule has 0 amide bonds. The van der Waals surface area contributed by atoms with Gasteiger partial charge in [0.25, 0.3) is 0 Å². The van der Waals surface area contributed by atoms with E-state index in [1.165, 1.54) is 0 Å². The van der Waals surface area contributed by atoms with Gasteiger partial charge in [0.2, 0.25) is 5.43 Å². The first-order chi connectivity index (χ1) is 14.1. The van der Waals surface area contributed by atoms with Gasteiger partial charge >= 0.3 is 18.1 Å². The van der Waals surface area contributed by atoms with Crippen molar-refractivity contribution in [1.29, 1.82) is 0 Å². The molecule has 2 aromatic heterocycles. The number of hydrogen-bond acceptors (Lipinski definition) is 6. The minimum atomic E-state index is -5.08. The fourth-order valence-corrected chi connectivity index (χ4v) is 3.20. The Kier molecular flexibility index (Phi) is 7.54. The second-order valence-corrected chi connectivity index (χ2v) is 6.75. The monoisotopic (exact) mass is 429 g/mol. The van der Waals surface area contributed by atoms with Gasteiger partial charge in [-0.2, -0.15) is 13.2 Å². The van der Waals surface area contributed by atoms with Gasteiger partial charge in [-0.25, -0.2) is 14.6 Å². The molecule has 0 aromatic carbocycles. The first-order valence-corrected chi connectivity index (χ1v) is 9.28. The van der Waals surface area contributed by atoms with Crippen LogP contribution in [-0.4, -0.2) is 45.4 Å². The normalized spacial score (nSPS) is 19.0. The number of alkyl halides is 3. The summed E-state index contributed by atoms with van der Waals surface area (Å²) in [4.78, 5) is 37.9. The molecule has 0 radical (unpaired) electrons. The van der Waals surface area contributed by atoms with Crippen LogP contribution in [0.4, 0.5) is 13.2 Å². The van der Waals surface area contributed by atoms with Gasteiger partial charge in [0.05, 0.1) is 12.0 Å². The van der Waals surface area contributed by atoms with Gasteiger partial charge in [0, 0.05) is 24.5 Å². The van der Waals surface area contributed by atoms with Crippen LogP contribution in [0.2, 0.25) is 0 Å². The van der Waals surface area contributed by atoms with Crippen molar-refractivity contribution in [2.24, 2.45) is 5.73 Å². The average Bonchev–Trinajstić information content (AvgIpc) is 2.69. The molecule has 2 heterocycles. The van der Waals surface area contributed by atoms with Crippen molar-refractivity contribution in [2.75, 3.05) is 6.61 Å². The minimum absolute atomic E-state index is 0.0715. The number of carboxylic acids is 1. The topological polar surface area (TPSA) is 125 Å². The van der Waals surface area contributed by atoms with Gasteiger partial charge in [-0.15, -0.1) is 0 Å². The van der Waals surface area contributed by atoms with Crippen molar-refractivity contribution in [3.8, 4) is 0 Å². The predicted octanol–water partition coefficient (Wildman–Crippen LogP) is 2.65. The zero-order valence-electron chi connectivity index (χ0n) is 16.2. The number of halogens is 3. The predicted molar refractivity (Wildman–Crippen MR) is 101 cm³/mol. The van der Waals surface area contributed by atoms with Crippen molar-refractivity contribution >= 4 is 23.0 Å². The SMILES string of the molecule is CCOC(=O)c1cn([C@H]2CC[C@H](N)CC2)c2ncccc2c1=O.O=C(O)C(F)(F)F. The lowest BCUT2D eigenvalue weighted by atomic mass is 9.91. The largest absolute Gasteiger partial charge is 0.490 e. The van der Waals surface area contributed by atoms with E-state index in [2.05, 4.69) is 4.98 Å². The Balaban J connectivity index is 0.000000396. The fourth-order valence-electron chi connectivity index (χ4n) is 3.20. The van der Waals surface area contributed by atoms with E-state index in [4.69, 9.17) is 20.4 Å². The van der Waals surface area contributed by atoms with E-state index in [9.17, 15) is 22.8 Å². The van der Waals surface area contributed by atoms with E-state index in [0.29, 0.717) is 11.0 Å². The maximum Gasteiger partial charge on any atom is 0.490 e. The number of carbonyl (C=O) groups is 2. The third kappa shape index (κ3) is 5.56. The average molecular weight is 429 g/mol. The maximum absolute atomic E-state index is 12.6. The van der Waals surface area contributed by atoms with E-state index in [0.717, 1.165) is 25.7 Å². The van der Waals surface area contributed by atoms with E-state index in [-0.39, 0.29) is 29.7 Å². The highest BCUT2D eigenvalue weighted by Gasteiger charge is 2.38. The minimum Gasteiger partial charge on any atom is -0.475 e. The van der Waals surface area contributed by atoms with Crippen molar-refractivity contribution in [1.82, 2.24) is 9.55 Å². The number of carbonyl (C=O) groups excluding carboxylic acids is 1. The lowest BCUT2D eigenvalue weighted by Gasteiger charge is -2.29. The van der Waals surface area contributed by atoms with Crippen LogP contribution < -0.4 is 11.2 Å². The molecule has 1 aliphatic carbocycles. The molecular weight excluding hydrogens is 407 g/mol. The third-order valence-corrected chi connectivity index (χ3v) is 4.66. The van der Waals surface area contributed by atoms with Gasteiger partial charge in [-0.3, -0.25) is 4.79 Å². The van der Waals surface area contributed by atoms with Crippen molar-refractivity contribution in [3.63, 3.8) is 0 Å². The molecule has 0 unspecified atom stereocenters. The van der Waals surface area contributed by atoms with Crippen LogP contribution >= 0.6 is 0 Å². The molecular formula is C19H22F3N3O5. The molecule has 3 N–H and O–H groups in total. The second kappa shape index (κ2) is 9.70. The molecule has 1 saturated carbocycles. The molecule has 0 saturated heterocycles. The summed E-state index contributed by atoms with van der Waals surface area (Å²) in [6, 6.07) is 3.84. The Morgan fingerprint density at radius 1 is 1.30 bits per heavy atom. The molecule has 1 fully saturated rings. The quantitative estimate of drug-likeness (QED) is 0.719. The molecule has 0 aliphatic heterocycles. The summed E-state index contributed by atoms with van der Waals surface area (Å²) in [5, 5.41) is 7.58. The van der Waals surface area contributed by atoms with Gasteiger partial charge in [0.1, 0.15) is 11.2 Å². The summed E-state index contributed by atoms with van der Waals surface area (Å²) in [5.41, 5.74) is 6.34. The van der Waals surface area contributed by atoms with E-state index >= 15 is 0 Å². The zero-order chi connectivity index (χ0) is 22.5. The third-order valence-electron chi connectivity index (χ3n) is 4.66. The Bertz CT molecular complexity index is 966. The Labute approximate surface area is 169 Å². The molecule has 2 aromatic rings. The van der Waals surface area contributed by atoms with Crippen LogP contribution in [0.3, 0.4) is 0 Å². The van der Waals surface area contributed by atoms with Crippen molar-refractivity contribution in [3.05, 3.63) is 40.3 Å². The summed E-state index contributed by atoms with van der Waals surface area (Å²) in [5.74, 6) is -3.34. The Morgan fingerprint density at radius 3 is 2.43 bits per heavy atom. The van der Waals surface area contributed by atoms with Crippen molar-refractivity contribution < 1.29 is 32.6 Å². The highest BCUT2D eigenvalue weighted by atomic mass is 19.4. The summed E-state index contributed by atoms with van der Waals surface area (Å²) < 4.78 is 38.7. The molecule has 164 valence electrons. The maximum atomic E-state index is 12.6. The van der Waals surface area contributed by atoms with Gasteiger partial charge in [-0.05, 0) is 44.7 Å². The van der Waals surface area contributed by atoms with Gasteiger partial charge in [-0.1, -0.05) is 0 Å². The van der Waals surface area contributed by atoms with E-state index in [1.807, 2.05) is 4.57 Å². The number of nitrogens with two attached hydrogens (primary N) is 1. The van der Waals surface area contributed by atoms with Gasteiger partial charge in [0.15, 0.2) is 0 Å². The smallest absolute Gasteiger partial charge is 0.475 e. The standard InChI is InChI=1S/C17H21N3O3.C2HF3O2/c1-2-23-17(22)14-10-20(12-7-5-11(18)6-8-12)16-13(15(14)21)4-3-9-19-16;3-2(4,5)1(6)7/h3-4,9-12H,2,5-8,18H2,1H3;(H,6,7)/t11-,12-;. The first-order valence-electron chi connectivity index (χ1n) is 9.28. The number of nitrogens with zero attached hydrogens (tertiary/aromatic N) is 2. The van der Waals surface area contributed by atoms with E-state index < -0.39 is 18.1 Å². The summed E-state index contributed by atoms with van der Waals surface area (Å²) in [7, 11) is 0. The molecule has 0 atom stereocenters. The van der Waals surface area contributed by atoms with Crippen LogP contribution in [0.15, 0.2) is 29.3 Å².